The molecule has 1 heterocycles. The van der Waals surface area contributed by atoms with Crippen molar-refractivity contribution >= 4 is 17.6 Å². The monoisotopic (exact) mass is 533 g/mol. The Balaban J connectivity index is 1.22. The number of carbonyl (C=O) groups is 2. The molecule has 3 saturated carbocycles. The molecule has 7 atom stereocenters. The number of amides is 1. The molecule has 38 heavy (non-hydrogen) atoms. The fourth-order valence-corrected chi connectivity index (χ4v) is 9.19. The van der Waals surface area contributed by atoms with E-state index in [-0.39, 0.29) is 36.1 Å². The van der Waals surface area contributed by atoms with Gasteiger partial charge in [0.05, 0.1) is 11.8 Å². The Bertz CT molecular complexity index is 1010. The number of hydrogen-bond donors (Lipinski definition) is 1. The van der Waals surface area contributed by atoms with Crippen LogP contribution in [-0.2, 0) is 9.63 Å². The van der Waals surface area contributed by atoms with Crippen molar-refractivity contribution < 1.29 is 23.2 Å². The first kappa shape index (κ1) is 27.7. The molecule has 5 rings (SSSR count). The number of halogens is 2. The zero-order valence-corrected chi connectivity index (χ0v) is 23.5. The third-order valence-corrected chi connectivity index (χ3v) is 11.4. The number of fused-ring (bicyclic) bond motifs is 5. The van der Waals surface area contributed by atoms with E-state index in [1.807, 2.05) is 19.9 Å². The van der Waals surface area contributed by atoms with Gasteiger partial charge in [0.15, 0.2) is 5.78 Å². The summed E-state index contributed by atoms with van der Waals surface area (Å²) in [7, 11) is 0. The molecule has 0 radical (unpaired) electrons. The molecular weight excluding hydrogens is 488 g/mol. The summed E-state index contributed by atoms with van der Waals surface area (Å²) in [5.74, 6) is -0.224. The minimum Gasteiger partial charge on any atom is -0.308 e. The summed E-state index contributed by atoms with van der Waals surface area (Å²) in [5, 5.41) is 7.17. The highest BCUT2D eigenvalue weighted by Crippen LogP contribution is 2.66. The Morgan fingerprint density at radius 1 is 1.13 bits per heavy atom. The van der Waals surface area contributed by atoms with Gasteiger partial charge in [0.1, 0.15) is 0 Å². The minimum atomic E-state index is -2.73. The van der Waals surface area contributed by atoms with E-state index in [2.05, 4.69) is 24.3 Å². The molecule has 4 fully saturated rings. The lowest BCUT2D eigenvalue weighted by atomic mass is 9.46. The van der Waals surface area contributed by atoms with Gasteiger partial charge in [-0.1, -0.05) is 24.6 Å². The second-order valence-electron chi connectivity index (χ2n) is 13.1. The molecule has 0 aromatic rings. The number of nitrogens with one attached hydrogen (secondary N) is 1. The normalized spacial score (nSPS) is 40.2. The first-order valence-corrected chi connectivity index (χ1v) is 14.8. The number of ketones is 1. The molecule has 5 aliphatic rings. The summed E-state index contributed by atoms with van der Waals surface area (Å²) in [6, 6.07) is -0.900. The fraction of sp³-hybridized carbons (Fsp3) is 0.833. The Kier molecular flexibility index (Phi) is 7.51. The van der Waals surface area contributed by atoms with Crippen LogP contribution in [0.2, 0.25) is 0 Å². The quantitative estimate of drug-likeness (QED) is 0.245. The molecule has 1 amide bonds. The van der Waals surface area contributed by atoms with E-state index >= 15 is 0 Å². The number of oxime groups is 1. The highest BCUT2D eigenvalue weighted by Gasteiger charge is 2.59. The Labute approximate surface area is 226 Å². The van der Waals surface area contributed by atoms with E-state index in [9.17, 15) is 18.4 Å². The van der Waals surface area contributed by atoms with Gasteiger partial charge in [0, 0.05) is 38.4 Å². The molecule has 1 saturated heterocycles. The summed E-state index contributed by atoms with van der Waals surface area (Å²) in [5.41, 5.74) is 2.56. The second kappa shape index (κ2) is 10.3. The number of carbonyl (C=O) groups excluding carboxylic acids is 2. The number of rotatable bonds is 6. The van der Waals surface area contributed by atoms with Crippen LogP contribution in [0.5, 0.6) is 0 Å². The smallest absolute Gasteiger partial charge is 0.308 e. The van der Waals surface area contributed by atoms with E-state index < -0.39 is 18.1 Å². The predicted molar refractivity (Wildman–Crippen MR) is 143 cm³/mol. The minimum absolute atomic E-state index is 0.132. The topological polar surface area (TPSA) is 71.0 Å². The van der Waals surface area contributed by atoms with Crippen LogP contribution in [0.25, 0.3) is 0 Å². The molecular formula is C30H45F2N3O3. The zero-order valence-electron chi connectivity index (χ0n) is 23.5. The van der Waals surface area contributed by atoms with Crippen LogP contribution in [0.15, 0.2) is 16.8 Å². The third-order valence-electron chi connectivity index (χ3n) is 11.4. The maximum absolute atomic E-state index is 13.9. The van der Waals surface area contributed by atoms with Crippen molar-refractivity contribution in [2.45, 2.75) is 104 Å². The van der Waals surface area contributed by atoms with Crippen molar-refractivity contribution in [3.8, 4) is 0 Å². The van der Waals surface area contributed by atoms with Crippen LogP contribution in [0.3, 0.4) is 0 Å². The largest absolute Gasteiger partial charge is 0.435 e. The first-order chi connectivity index (χ1) is 18.0. The average Bonchev–Trinajstić information content (AvgIpc) is 3.41. The summed E-state index contributed by atoms with van der Waals surface area (Å²) < 4.78 is 27.9. The van der Waals surface area contributed by atoms with Crippen molar-refractivity contribution in [1.82, 2.24) is 10.2 Å². The molecule has 0 aromatic carbocycles. The molecule has 0 spiro atoms. The molecule has 6 nitrogen and oxygen atoms in total. The maximum atomic E-state index is 13.9. The highest BCUT2D eigenvalue weighted by atomic mass is 19.3. The SMILES string of the molecule is CCN(CCC1NCCC1(F)F)C(=O)O/N=C(\C)[C@H]1CC[C@H]2[C@@H]3CCC4=CC(=O)CC[C@]4(C)[C@H]3CC[C@]12C. The van der Waals surface area contributed by atoms with Crippen molar-refractivity contribution in [2.24, 2.45) is 39.7 Å². The summed E-state index contributed by atoms with van der Waals surface area (Å²) in [6.07, 6.45) is 9.83. The van der Waals surface area contributed by atoms with E-state index in [0.29, 0.717) is 43.0 Å². The standard InChI is InChI=1S/C30H45F2N3O3/c1-5-35(17-12-26-30(31,32)15-16-33-26)27(37)38-34-19(2)23-8-9-24-22-7-6-20-18-21(36)10-13-28(20,3)25(22)11-14-29(23,24)4/h18,22-26,33H,5-17H2,1-4H3/b34-19+/t22-,23+,24-,25-,26?,28-,29+/m0/s1. The van der Waals surface area contributed by atoms with Gasteiger partial charge in [0.2, 0.25) is 0 Å². The number of alkyl halides is 2. The van der Waals surface area contributed by atoms with Crippen LogP contribution in [0, 0.1) is 34.5 Å². The third kappa shape index (κ3) is 4.73. The van der Waals surface area contributed by atoms with Crippen LogP contribution in [0.1, 0.15) is 91.9 Å². The lowest BCUT2D eigenvalue weighted by molar-refractivity contribution is -0.117. The van der Waals surface area contributed by atoms with Crippen LogP contribution in [-0.4, -0.2) is 54.1 Å². The molecule has 8 heteroatoms. The Morgan fingerprint density at radius 3 is 2.63 bits per heavy atom. The fourth-order valence-electron chi connectivity index (χ4n) is 9.19. The molecule has 0 bridgehead atoms. The van der Waals surface area contributed by atoms with Gasteiger partial charge < -0.3 is 10.2 Å². The lowest BCUT2D eigenvalue weighted by Crippen LogP contribution is -2.51. The number of allylic oxidation sites excluding steroid dienone is 1. The zero-order chi connectivity index (χ0) is 27.3. The van der Waals surface area contributed by atoms with E-state index in [1.165, 1.54) is 23.3 Å². The molecule has 1 N–H and O–H groups in total. The van der Waals surface area contributed by atoms with E-state index in [1.54, 1.807) is 0 Å². The lowest BCUT2D eigenvalue weighted by Gasteiger charge is -2.58. The van der Waals surface area contributed by atoms with E-state index in [4.69, 9.17) is 4.84 Å². The molecule has 212 valence electrons. The summed E-state index contributed by atoms with van der Waals surface area (Å²) in [4.78, 5) is 31.7. The Hall–Kier alpha value is -1.83. The van der Waals surface area contributed by atoms with Gasteiger partial charge in [-0.2, -0.15) is 0 Å². The first-order valence-electron chi connectivity index (χ1n) is 14.8. The van der Waals surface area contributed by atoms with Crippen LogP contribution in [0.4, 0.5) is 13.6 Å². The van der Waals surface area contributed by atoms with Crippen molar-refractivity contribution in [1.29, 1.82) is 0 Å². The van der Waals surface area contributed by atoms with Crippen molar-refractivity contribution in [3.05, 3.63) is 11.6 Å². The van der Waals surface area contributed by atoms with Crippen molar-refractivity contribution in [3.63, 3.8) is 0 Å². The van der Waals surface area contributed by atoms with Crippen molar-refractivity contribution in [2.75, 3.05) is 19.6 Å². The predicted octanol–water partition coefficient (Wildman–Crippen LogP) is 6.36. The number of nitrogens with zero attached hydrogens (tertiary/aromatic N) is 2. The van der Waals surface area contributed by atoms with Gasteiger partial charge >= 0.3 is 6.09 Å². The van der Waals surface area contributed by atoms with Gasteiger partial charge in [-0.05, 0) is 99.9 Å². The van der Waals surface area contributed by atoms with Gasteiger partial charge in [-0.3, -0.25) is 9.63 Å². The van der Waals surface area contributed by atoms with E-state index in [0.717, 1.165) is 37.8 Å². The maximum Gasteiger partial charge on any atom is 0.435 e. The summed E-state index contributed by atoms with van der Waals surface area (Å²) in [6.45, 7) is 9.53. The number of hydrogen-bond acceptors (Lipinski definition) is 5. The molecule has 1 aliphatic heterocycles. The molecule has 0 aromatic heterocycles. The average molecular weight is 534 g/mol. The highest BCUT2D eigenvalue weighted by molar-refractivity contribution is 5.91. The van der Waals surface area contributed by atoms with Gasteiger partial charge in [-0.15, -0.1) is 0 Å². The van der Waals surface area contributed by atoms with Crippen LogP contribution < -0.4 is 5.32 Å². The molecule has 1 unspecified atom stereocenters. The summed E-state index contributed by atoms with van der Waals surface area (Å²) >= 11 is 0. The van der Waals surface area contributed by atoms with Gasteiger partial charge in [0.25, 0.3) is 5.92 Å². The molecule has 4 aliphatic carbocycles. The Morgan fingerprint density at radius 2 is 1.92 bits per heavy atom. The van der Waals surface area contributed by atoms with Crippen LogP contribution >= 0.6 is 0 Å². The second-order valence-corrected chi connectivity index (χ2v) is 13.1. The van der Waals surface area contributed by atoms with Gasteiger partial charge in [-0.25, -0.2) is 13.6 Å².